The molecule has 2 heterocycles. The number of fused-ring (bicyclic) bond motifs is 2. The number of aromatic amines is 2. The van der Waals surface area contributed by atoms with Crippen LogP contribution in [0.3, 0.4) is 0 Å². The van der Waals surface area contributed by atoms with Gasteiger partial charge in [-0.3, -0.25) is 0 Å². The fourth-order valence-corrected chi connectivity index (χ4v) is 2.64. The number of rotatable bonds is 2. The molecule has 0 saturated carbocycles. The Morgan fingerprint density at radius 1 is 0.957 bits per heavy atom. The van der Waals surface area contributed by atoms with Crippen LogP contribution in [0.15, 0.2) is 36.4 Å². The summed E-state index contributed by atoms with van der Waals surface area (Å²) in [7, 11) is 0. The first-order valence-electron chi connectivity index (χ1n) is 6.56. The van der Waals surface area contributed by atoms with Gasteiger partial charge in [-0.25, -0.2) is 9.97 Å². The molecule has 0 fully saturated rings. The third-order valence-corrected chi connectivity index (χ3v) is 3.66. The molecule has 0 aliphatic rings. The first-order valence-corrected chi connectivity index (χ1v) is 6.94. The number of imidazole rings is 2. The monoisotopic (exact) mass is 369 g/mol. The van der Waals surface area contributed by atoms with Crippen molar-refractivity contribution in [1.82, 2.24) is 19.9 Å². The minimum absolute atomic E-state index is 0. The van der Waals surface area contributed by atoms with Gasteiger partial charge >= 0.3 is 0 Å². The molecule has 120 valence electrons. The predicted octanol–water partition coefficient (Wildman–Crippen LogP) is 4.11. The number of H-pyrrole nitrogens is 2. The summed E-state index contributed by atoms with van der Waals surface area (Å²) in [5.41, 5.74) is 10.1. The van der Waals surface area contributed by atoms with E-state index in [0.717, 1.165) is 33.7 Å². The van der Waals surface area contributed by atoms with Crippen LogP contribution in [0.25, 0.3) is 22.1 Å². The van der Waals surface area contributed by atoms with Crippen molar-refractivity contribution in [3.63, 3.8) is 0 Å². The van der Waals surface area contributed by atoms with Crippen LogP contribution < -0.4 is 5.73 Å². The van der Waals surface area contributed by atoms with Crippen molar-refractivity contribution in [3.8, 4) is 0 Å². The lowest BCUT2D eigenvalue weighted by atomic mass is 10.3. The molecule has 4 rings (SSSR count). The molecule has 0 aliphatic heterocycles. The fraction of sp³-hybridized carbons (Fsp3) is 0.0667. The largest absolute Gasteiger partial charge is 0.397 e. The molecule has 0 atom stereocenters. The minimum Gasteiger partial charge on any atom is -0.397 e. The molecule has 4 N–H and O–H groups in total. The van der Waals surface area contributed by atoms with Gasteiger partial charge in [-0.1, -0.05) is 17.7 Å². The van der Waals surface area contributed by atoms with Crippen molar-refractivity contribution in [3.05, 3.63) is 53.1 Å². The highest BCUT2D eigenvalue weighted by atomic mass is 35.5. The third kappa shape index (κ3) is 3.22. The van der Waals surface area contributed by atoms with E-state index in [0.29, 0.717) is 17.1 Å². The highest BCUT2D eigenvalue weighted by molar-refractivity contribution is 6.31. The van der Waals surface area contributed by atoms with Crippen LogP contribution in [-0.4, -0.2) is 19.9 Å². The van der Waals surface area contributed by atoms with E-state index < -0.39 is 0 Å². The minimum atomic E-state index is 0. The van der Waals surface area contributed by atoms with Crippen molar-refractivity contribution in [2.75, 3.05) is 5.73 Å². The topological polar surface area (TPSA) is 83.4 Å². The van der Waals surface area contributed by atoms with E-state index in [2.05, 4.69) is 19.9 Å². The van der Waals surface area contributed by atoms with Crippen molar-refractivity contribution in [2.45, 2.75) is 6.42 Å². The zero-order chi connectivity index (χ0) is 14.4. The molecular formula is C15H14Cl3N5. The fourth-order valence-electron chi connectivity index (χ4n) is 2.47. The molecule has 0 radical (unpaired) electrons. The smallest absolute Gasteiger partial charge is 0.114 e. The molecule has 4 aromatic rings. The van der Waals surface area contributed by atoms with Gasteiger partial charge in [-0.05, 0) is 30.3 Å². The molecule has 0 amide bonds. The number of hydrogen-bond acceptors (Lipinski definition) is 3. The van der Waals surface area contributed by atoms with Crippen molar-refractivity contribution in [1.29, 1.82) is 0 Å². The molecular weight excluding hydrogens is 357 g/mol. The molecule has 0 saturated heterocycles. The van der Waals surface area contributed by atoms with Crippen LogP contribution in [0.2, 0.25) is 5.02 Å². The quantitative estimate of drug-likeness (QED) is 0.464. The summed E-state index contributed by atoms with van der Waals surface area (Å²) >= 11 is 5.98. The van der Waals surface area contributed by atoms with Gasteiger partial charge in [0.2, 0.25) is 0 Å². The first-order chi connectivity index (χ1) is 10.2. The van der Waals surface area contributed by atoms with Crippen LogP contribution in [0, 0.1) is 0 Å². The van der Waals surface area contributed by atoms with Gasteiger partial charge in [0.25, 0.3) is 0 Å². The number of aromatic nitrogens is 4. The van der Waals surface area contributed by atoms with Crippen LogP contribution in [-0.2, 0) is 6.42 Å². The molecule has 2 aromatic carbocycles. The van der Waals surface area contributed by atoms with Crippen molar-refractivity contribution < 1.29 is 0 Å². The predicted molar refractivity (Wildman–Crippen MR) is 98.9 cm³/mol. The van der Waals surface area contributed by atoms with Gasteiger partial charge in [0.1, 0.15) is 17.2 Å². The zero-order valence-corrected chi connectivity index (χ0v) is 14.2. The van der Waals surface area contributed by atoms with E-state index in [1.807, 2.05) is 36.4 Å². The van der Waals surface area contributed by atoms with Crippen molar-refractivity contribution >= 4 is 64.2 Å². The second-order valence-electron chi connectivity index (χ2n) is 4.95. The number of nitrogen functional groups attached to an aromatic ring is 1. The van der Waals surface area contributed by atoms with E-state index in [1.165, 1.54) is 0 Å². The Labute approximate surface area is 149 Å². The summed E-state index contributed by atoms with van der Waals surface area (Å²) in [6.07, 6.45) is 0.584. The lowest BCUT2D eigenvalue weighted by molar-refractivity contribution is 0.960. The van der Waals surface area contributed by atoms with E-state index in [4.69, 9.17) is 17.3 Å². The summed E-state index contributed by atoms with van der Waals surface area (Å²) in [6, 6.07) is 11.3. The second kappa shape index (κ2) is 6.66. The highest BCUT2D eigenvalue weighted by Crippen LogP contribution is 2.21. The van der Waals surface area contributed by atoms with E-state index in [9.17, 15) is 0 Å². The standard InChI is InChI=1S/C15H12ClN5.2ClH/c16-8-4-5-10-12(6-8)20-13(18-10)7-14-19-11-3-1-2-9(17)15(11)21-14;;/h1-6H,7,17H2,(H,18,20)(H,19,21);2*1H. The van der Waals surface area contributed by atoms with Crippen LogP contribution in [0.4, 0.5) is 5.69 Å². The van der Waals surface area contributed by atoms with Crippen LogP contribution >= 0.6 is 36.4 Å². The number of nitrogens with two attached hydrogens (primary N) is 1. The van der Waals surface area contributed by atoms with Crippen LogP contribution in [0.1, 0.15) is 11.6 Å². The van der Waals surface area contributed by atoms with Gasteiger partial charge in [0.15, 0.2) is 0 Å². The van der Waals surface area contributed by atoms with Gasteiger partial charge in [0, 0.05) is 5.02 Å². The molecule has 23 heavy (non-hydrogen) atoms. The Kier molecular flexibility index (Phi) is 5.04. The maximum Gasteiger partial charge on any atom is 0.114 e. The average Bonchev–Trinajstić information content (AvgIpc) is 3.02. The van der Waals surface area contributed by atoms with E-state index >= 15 is 0 Å². The first kappa shape index (κ1) is 17.4. The van der Waals surface area contributed by atoms with Gasteiger partial charge in [-0.15, -0.1) is 24.8 Å². The van der Waals surface area contributed by atoms with Gasteiger partial charge < -0.3 is 15.7 Å². The average molecular weight is 371 g/mol. The number of hydrogen-bond donors (Lipinski definition) is 3. The van der Waals surface area contributed by atoms with Crippen molar-refractivity contribution in [2.24, 2.45) is 0 Å². The second-order valence-corrected chi connectivity index (χ2v) is 5.39. The van der Waals surface area contributed by atoms with Gasteiger partial charge in [0.05, 0.1) is 28.7 Å². The summed E-state index contributed by atoms with van der Waals surface area (Å²) in [4.78, 5) is 15.6. The lowest BCUT2D eigenvalue weighted by Crippen LogP contribution is -1.92. The van der Waals surface area contributed by atoms with Gasteiger partial charge in [-0.2, -0.15) is 0 Å². The Balaban J connectivity index is 0.000000960. The summed E-state index contributed by atoms with van der Waals surface area (Å²) in [6.45, 7) is 0. The molecule has 2 aromatic heterocycles. The summed E-state index contributed by atoms with van der Waals surface area (Å²) in [5, 5.41) is 0.689. The van der Waals surface area contributed by atoms with E-state index in [1.54, 1.807) is 0 Å². The molecule has 0 unspecified atom stereocenters. The number of benzene rings is 2. The molecule has 0 spiro atoms. The molecule has 0 bridgehead atoms. The summed E-state index contributed by atoms with van der Waals surface area (Å²) < 4.78 is 0. The third-order valence-electron chi connectivity index (χ3n) is 3.42. The maximum atomic E-state index is 5.98. The number of para-hydroxylation sites is 1. The molecule has 8 heteroatoms. The number of halogens is 3. The molecule has 0 aliphatic carbocycles. The lowest BCUT2D eigenvalue weighted by Gasteiger charge is -1.91. The number of anilines is 1. The maximum absolute atomic E-state index is 5.98. The number of nitrogens with zero attached hydrogens (tertiary/aromatic N) is 2. The van der Waals surface area contributed by atoms with E-state index in [-0.39, 0.29) is 24.8 Å². The SMILES string of the molecule is Cl.Cl.Nc1cccc2[nH]c(Cc3nc4ccc(Cl)cc4[nH]3)nc12. The Hall–Kier alpha value is -1.95. The summed E-state index contributed by atoms with van der Waals surface area (Å²) in [5.74, 6) is 1.66. The highest BCUT2D eigenvalue weighted by Gasteiger charge is 2.09. The zero-order valence-electron chi connectivity index (χ0n) is 11.8. The number of nitrogens with one attached hydrogen (secondary N) is 2. The Morgan fingerprint density at radius 3 is 2.48 bits per heavy atom. The normalized spacial score (nSPS) is 10.5. The van der Waals surface area contributed by atoms with Crippen LogP contribution in [0.5, 0.6) is 0 Å². The Bertz CT molecular complexity index is 960. The molecule has 5 nitrogen and oxygen atoms in total. The Morgan fingerprint density at radius 2 is 1.70 bits per heavy atom.